The highest BCUT2D eigenvalue weighted by molar-refractivity contribution is 5.90. The lowest BCUT2D eigenvalue weighted by Gasteiger charge is -2.09. The van der Waals surface area contributed by atoms with Crippen molar-refractivity contribution < 1.29 is 28.7 Å². The molecule has 5 rings (SSSR count). The Labute approximate surface area is 330 Å². The van der Waals surface area contributed by atoms with Gasteiger partial charge in [0.1, 0.15) is 17.2 Å². The van der Waals surface area contributed by atoms with Crippen molar-refractivity contribution in [1.29, 1.82) is 5.26 Å². The molecule has 0 aliphatic heterocycles. The fraction of sp³-hybridized carbons (Fsp3) is 0.319. The van der Waals surface area contributed by atoms with Gasteiger partial charge >= 0.3 is 5.97 Å². The van der Waals surface area contributed by atoms with Gasteiger partial charge in [-0.2, -0.15) is 5.26 Å². The van der Waals surface area contributed by atoms with Gasteiger partial charge in [0, 0.05) is 12.1 Å². The molecule has 0 aliphatic rings. The van der Waals surface area contributed by atoms with Crippen molar-refractivity contribution in [3.05, 3.63) is 143 Å². The van der Waals surface area contributed by atoms with Gasteiger partial charge in [0.15, 0.2) is 0 Å². The number of unbranched alkanes of at least 4 members (excludes halogenated alkanes) is 9. The summed E-state index contributed by atoms with van der Waals surface area (Å²) < 4.78 is 23.0. The van der Waals surface area contributed by atoms with Crippen molar-refractivity contribution in [2.75, 3.05) is 26.4 Å². The van der Waals surface area contributed by atoms with Crippen molar-refractivity contribution >= 4 is 11.7 Å². The van der Waals surface area contributed by atoms with E-state index in [1.165, 1.54) is 25.0 Å². The maximum Gasteiger partial charge on any atom is 0.338 e. The molecule has 0 N–H and O–H groups in total. The normalized spacial score (nSPS) is 10.7. The van der Waals surface area contributed by atoms with E-state index in [-0.39, 0.29) is 11.7 Å². The van der Waals surface area contributed by atoms with Crippen LogP contribution in [0.1, 0.15) is 86.6 Å². The predicted octanol–water partition coefficient (Wildman–Crippen LogP) is 11.8. The molecule has 0 fully saturated rings. The first kappa shape index (κ1) is 41.0. The molecule has 0 spiro atoms. The van der Waals surface area contributed by atoms with Gasteiger partial charge in [-0.1, -0.05) is 80.6 Å². The van der Waals surface area contributed by atoms with E-state index >= 15 is 0 Å². The molecule has 56 heavy (non-hydrogen) atoms. The third kappa shape index (κ3) is 13.9. The highest BCUT2D eigenvalue weighted by atomic mass is 16.6. The Kier molecular flexibility index (Phi) is 16.8. The monoisotopic (exact) mass is 754 g/mol. The minimum Gasteiger partial charge on any atom is -0.494 e. The zero-order chi connectivity index (χ0) is 39.2. The first-order valence-corrected chi connectivity index (χ1v) is 19.6. The molecule has 0 aliphatic carbocycles. The Bertz CT molecular complexity index is 1950. The number of carbonyl (C=O) groups is 1. The van der Waals surface area contributed by atoms with E-state index < -0.39 is 4.92 Å². The lowest BCUT2D eigenvalue weighted by Crippen LogP contribution is -2.06. The van der Waals surface area contributed by atoms with Gasteiger partial charge in [0.2, 0.25) is 0 Å². The number of nitro benzene ring substituents is 1. The van der Waals surface area contributed by atoms with Gasteiger partial charge in [-0.05, 0) is 121 Å². The predicted molar refractivity (Wildman–Crippen MR) is 219 cm³/mol. The van der Waals surface area contributed by atoms with E-state index in [0.717, 1.165) is 91.5 Å². The smallest absolute Gasteiger partial charge is 0.338 e. The summed E-state index contributed by atoms with van der Waals surface area (Å²) in [6.45, 7) is 2.33. The second-order valence-corrected chi connectivity index (χ2v) is 13.6. The van der Waals surface area contributed by atoms with Gasteiger partial charge in [0.25, 0.3) is 5.69 Å². The summed E-state index contributed by atoms with van der Waals surface area (Å²) in [4.78, 5) is 22.9. The maximum atomic E-state index is 12.6. The SMILES string of the molecule is N#Cc1ccc(-c2ccc(OCCCCCCOC(=O)c3ccc(-c4ccc(OCCCCCCCCCOc5ccc([N+](=O)[O-])cc5)cc4)cc3)cc2)cc1. The van der Waals surface area contributed by atoms with Crippen LogP contribution < -0.4 is 14.2 Å². The highest BCUT2D eigenvalue weighted by Crippen LogP contribution is 2.25. The lowest BCUT2D eigenvalue weighted by molar-refractivity contribution is -0.384. The second-order valence-electron chi connectivity index (χ2n) is 13.6. The van der Waals surface area contributed by atoms with E-state index in [1.807, 2.05) is 97.1 Å². The molecule has 0 heterocycles. The van der Waals surface area contributed by atoms with Crippen LogP contribution in [0.4, 0.5) is 5.69 Å². The topological polar surface area (TPSA) is 121 Å². The van der Waals surface area contributed by atoms with Gasteiger partial charge in [-0.15, -0.1) is 0 Å². The van der Waals surface area contributed by atoms with Gasteiger partial charge in [-0.25, -0.2) is 4.79 Å². The maximum absolute atomic E-state index is 12.6. The summed E-state index contributed by atoms with van der Waals surface area (Å²) in [6, 6.07) is 39.4. The Hall–Kier alpha value is -6.14. The van der Waals surface area contributed by atoms with Crippen LogP contribution in [0.15, 0.2) is 121 Å². The zero-order valence-electron chi connectivity index (χ0n) is 31.9. The molecular formula is C47H50N2O7. The van der Waals surface area contributed by atoms with Crippen LogP contribution in [0.25, 0.3) is 22.3 Å². The third-order valence-electron chi connectivity index (χ3n) is 9.42. The summed E-state index contributed by atoms with van der Waals surface area (Å²) in [5.74, 6) is 2.04. The lowest BCUT2D eigenvalue weighted by atomic mass is 10.0. The summed E-state index contributed by atoms with van der Waals surface area (Å²) in [6.07, 6.45) is 11.4. The number of rotatable bonds is 24. The fourth-order valence-corrected chi connectivity index (χ4v) is 6.15. The van der Waals surface area contributed by atoms with Crippen LogP contribution >= 0.6 is 0 Å². The van der Waals surface area contributed by atoms with Crippen LogP contribution in [0.2, 0.25) is 0 Å². The molecule has 0 unspecified atom stereocenters. The summed E-state index contributed by atoms with van der Waals surface area (Å²) in [5.41, 5.74) is 5.48. The van der Waals surface area contributed by atoms with Gasteiger partial charge < -0.3 is 18.9 Å². The zero-order valence-corrected chi connectivity index (χ0v) is 31.9. The van der Waals surface area contributed by atoms with Crippen LogP contribution in [0, 0.1) is 21.4 Å². The molecule has 9 heteroatoms. The van der Waals surface area contributed by atoms with E-state index in [1.54, 1.807) is 12.1 Å². The van der Waals surface area contributed by atoms with Gasteiger partial charge in [0.05, 0.1) is 48.5 Å². The molecule has 0 saturated heterocycles. The Morgan fingerprint density at radius 1 is 0.482 bits per heavy atom. The molecule has 0 atom stereocenters. The van der Waals surface area contributed by atoms with Crippen molar-refractivity contribution in [2.24, 2.45) is 0 Å². The number of hydrogen-bond acceptors (Lipinski definition) is 8. The number of nitro groups is 1. The van der Waals surface area contributed by atoms with Crippen molar-refractivity contribution in [3.63, 3.8) is 0 Å². The minimum atomic E-state index is -0.411. The molecule has 0 bridgehead atoms. The molecule has 5 aromatic rings. The summed E-state index contributed by atoms with van der Waals surface area (Å²) >= 11 is 0. The third-order valence-corrected chi connectivity index (χ3v) is 9.42. The van der Waals surface area contributed by atoms with E-state index in [9.17, 15) is 14.9 Å². The molecule has 9 nitrogen and oxygen atoms in total. The quantitative estimate of drug-likeness (QED) is 0.0264. The van der Waals surface area contributed by atoms with Crippen LogP contribution in [0.5, 0.6) is 17.2 Å². The number of carbonyl (C=O) groups excluding carboxylic acids is 1. The number of ether oxygens (including phenoxy) is 4. The van der Waals surface area contributed by atoms with E-state index in [0.29, 0.717) is 43.3 Å². The largest absolute Gasteiger partial charge is 0.494 e. The van der Waals surface area contributed by atoms with Crippen molar-refractivity contribution in [2.45, 2.75) is 70.6 Å². The van der Waals surface area contributed by atoms with Crippen LogP contribution in [-0.2, 0) is 4.74 Å². The Morgan fingerprint density at radius 2 is 0.821 bits per heavy atom. The molecule has 5 aromatic carbocycles. The van der Waals surface area contributed by atoms with Crippen LogP contribution in [0.3, 0.4) is 0 Å². The minimum absolute atomic E-state index is 0.0704. The van der Waals surface area contributed by atoms with Crippen molar-refractivity contribution in [3.8, 4) is 45.6 Å². The number of hydrogen-bond donors (Lipinski definition) is 0. The number of benzene rings is 5. The fourth-order valence-electron chi connectivity index (χ4n) is 6.15. The molecular weight excluding hydrogens is 705 g/mol. The van der Waals surface area contributed by atoms with E-state index in [4.69, 9.17) is 24.2 Å². The molecule has 0 radical (unpaired) electrons. The molecule has 0 saturated carbocycles. The van der Waals surface area contributed by atoms with E-state index in [2.05, 4.69) is 6.07 Å². The summed E-state index contributed by atoms with van der Waals surface area (Å²) in [5, 5.41) is 19.7. The van der Waals surface area contributed by atoms with Gasteiger partial charge in [-0.3, -0.25) is 10.1 Å². The first-order valence-electron chi connectivity index (χ1n) is 19.6. The average Bonchev–Trinajstić information content (AvgIpc) is 3.24. The second kappa shape index (κ2) is 22.9. The standard InChI is InChI=1S/C47H50N2O7/c48-36-37-12-14-38(15-13-37)40-20-26-44(27-21-40)54-34-10-6-7-11-35-56-47(50)42-18-16-39(17-19-42)41-22-28-45(29-23-41)53-32-8-4-2-1-3-5-9-33-55-46-30-24-43(25-31-46)49(51)52/h12-31H,1-11,32-35H2. The number of nitrogens with zero attached hydrogens (tertiary/aromatic N) is 2. The molecule has 290 valence electrons. The van der Waals surface area contributed by atoms with Crippen molar-refractivity contribution in [1.82, 2.24) is 0 Å². The summed E-state index contributed by atoms with van der Waals surface area (Å²) in [7, 11) is 0. The number of non-ortho nitro benzene ring substituents is 1. The Balaban J connectivity index is 0.857. The highest BCUT2D eigenvalue weighted by Gasteiger charge is 2.09. The number of esters is 1. The van der Waals surface area contributed by atoms with Crippen LogP contribution in [-0.4, -0.2) is 37.3 Å². The first-order chi connectivity index (χ1) is 27.5. The Morgan fingerprint density at radius 3 is 1.21 bits per heavy atom. The average molecular weight is 755 g/mol. The molecule has 0 aromatic heterocycles. The molecule has 0 amide bonds. The number of nitriles is 1.